The number of aliphatic imine (C=N–C) groups is 1. The Morgan fingerprint density at radius 1 is 1.40 bits per heavy atom. The van der Waals surface area contributed by atoms with Crippen LogP contribution in [0, 0.1) is 11.5 Å². The predicted molar refractivity (Wildman–Crippen MR) is 73.0 cm³/mol. The predicted octanol–water partition coefficient (Wildman–Crippen LogP) is 0.0314. The SMILES string of the molecule is N#CN1C=CC2=NC(C(=O)Nc3ccccc3)=C[NH+]2C1. The first-order chi connectivity index (χ1) is 9.76. The van der Waals surface area contributed by atoms with E-state index in [2.05, 4.69) is 10.3 Å². The van der Waals surface area contributed by atoms with Gasteiger partial charge in [-0.1, -0.05) is 18.2 Å². The highest BCUT2D eigenvalue weighted by atomic mass is 16.2. The number of hydrogen-bond acceptors (Lipinski definition) is 4. The largest absolute Gasteiger partial charge is 0.320 e. The summed E-state index contributed by atoms with van der Waals surface area (Å²) in [6.45, 7) is 0.452. The zero-order valence-corrected chi connectivity index (χ0v) is 10.6. The van der Waals surface area contributed by atoms with E-state index in [1.807, 2.05) is 36.5 Å². The van der Waals surface area contributed by atoms with Crippen molar-refractivity contribution in [3.8, 4) is 6.19 Å². The van der Waals surface area contributed by atoms with Gasteiger partial charge in [0.05, 0.1) is 0 Å². The Labute approximate surface area is 115 Å². The van der Waals surface area contributed by atoms with Gasteiger partial charge < -0.3 is 5.32 Å². The Kier molecular flexibility index (Phi) is 3.03. The van der Waals surface area contributed by atoms with Crippen LogP contribution < -0.4 is 10.2 Å². The van der Waals surface area contributed by atoms with Crippen LogP contribution in [0.2, 0.25) is 0 Å². The Balaban J connectivity index is 1.74. The molecule has 6 heteroatoms. The van der Waals surface area contributed by atoms with E-state index < -0.39 is 0 Å². The van der Waals surface area contributed by atoms with Crippen molar-refractivity contribution in [2.24, 2.45) is 4.99 Å². The average molecular weight is 266 g/mol. The van der Waals surface area contributed by atoms with E-state index in [9.17, 15) is 4.79 Å². The van der Waals surface area contributed by atoms with Gasteiger partial charge in [-0.15, -0.1) is 0 Å². The monoisotopic (exact) mass is 266 g/mol. The number of quaternary nitrogens is 1. The second-order valence-electron chi connectivity index (χ2n) is 4.42. The van der Waals surface area contributed by atoms with E-state index in [1.54, 1.807) is 18.5 Å². The van der Waals surface area contributed by atoms with Crippen molar-refractivity contribution in [2.45, 2.75) is 0 Å². The number of hydrogen-bond donors (Lipinski definition) is 2. The van der Waals surface area contributed by atoms with Gasteiger partial charge in [-0.3, -0.25) is 4.79 Å². The van der Waals surface area contributed by atoms with Gasteiger partial charge >= 0.3 is 0 Å². The first kappa shape index (κ1) is 12.1. The first-order valence-corrected chi connectivity index (χ1v) is 6.14. The maximum Gasteiger partial charge on any atom is 0.280 e. The molecule has 0 bridgehead atoms. The number of para-hydroxylation sites is 1. The molecule has 0 saturated carbocycles. The Hall–Kier alpha value is -2.91. The van der Waals surface area contributed by atoms with E-state index in [1.165, 1.54) is 4.90 Å². The van der Waals surface area contributed by atoms with Gasteiger partial charge in [0.25, 0.3) is 5.91 Å². The topological polar surface area (TPSA) is 72.9 Å². The zero-order valence-electron chi connectivity index (χ0n) is 10.6. The molecule has 1 unspecified atom stereocenters. The molecule has 20 heavy (non-hydrogen) atoms. The zero-order chi connectivity index (χ0) is 13.9. The summed E-state index contributed by atoms with van der Waals surface area (Å²) in [6, 6.07) is 9.23. The summed E-state index contributed by atoms with van der Waals surface area (Å²) in [6.07, 6.45) is 7.16. The van der Waals surface area contributed by atoms with Crippen LogP contribution in [0.15, 0.2) is 59.5 Å². The van der Waals surface area contributed by atoms with Gasteiger partial charge in [0.15, 0.2) is 18.6 Å². The minimum Gasteiger partial charge on any atom is -0.320 e. The summed E-state index contributed by atoms with van der Waals surface area (Å²) >= 11 is 0. The van der Waals surface area contributed by atoms with Gasteiger partial charge in [0, 0.05) is 18.0 Å². The molecule has 1 aromatic rings. The third-order valence-electron chi connectivity index (χ3n) is 3.03. The minimum atomic E-state index is -0.248. The van der Waals surface area contributed by atoms with Crippen molar-refractivity contribution < 1.29 is 9.69 Å². The van der Waals surface area contributed by atoms with Crippen LogP contribution in [0.5, 0.6) is 0 Å². The number of nitrogens with one attached hydrogen (secondary N) is 2. The van der Waals surface area contributed by atoms with Gasteiger partial charge in [-0.05, 0) is 12.1 Å². The van der Waals surface area contributed by atoms with Gasteiger partial charge in [-0.2, -0.15) is 10.3 Å². The van der Waals surface area contributed by atoms with Gasteiger partial charge in [-0.25, -0.2) is 9.80 Å². The fourth-order valence-electron chi connectivity index (χ4n) is 2.04. The van der Waals surface area contributed by atoms with Crippen molar-refractivity contribution >= 4 is 17.4 Å². The molecule has 1 aromatic carbocycles. The lowest BCUT2D eigenvalue weighted by molar-refractivity contribution is -0.756. The van der Waals surface area contributed by atoms with Crippen molar-refractivity contribution in [1.82, 2.24) is 4.90 Å². The summed E-state index contributed by atoms with van der Waals surface area (Å²) in [5.41, 5.74) is 1.09. The smallest absolute Gasteiger partial charge is 0.280 e. The van der Waals surface area contributed by atoms with E-state index >= 15 is 0 Å². The first-order valence-electron chi connectivity index (χ1n) is 6.14. The van der Waals surface area contributed by atoms with Crippen LogP contribution in [0.1, 0.15) is 0 Å². The molecule has 2 aliphatic rings. The number of carbonyl (C=O) groups is 1. The molecule has 2 N–H and O–H groups in total. The molecule has 3 rings (SSSR count). The molecule has 0 fully saturated rings. The molecule has 0 radical (unpaired) electrons. The molecular weight excluding hydrogens is 254 g/mol. The van der Waals surface area contributed by atoms with Crippen LogP contribution in [-0.2, 0) is 4.79 Å². The van der Waals surface area contributed by atoms with E-state index in [4.69, 9.17) is 5.26 Å². The second-order valence-corrected chi connectivity index (χ2v) is 4.42. The number of nitriles is 1. The fourth-order valence-corrected chi connectivity index (χ4v) is 2.04. The van der Waals surface area contributed by atoms with Crippen LogP contribution in [0.4, 0.5) is 5.69 Å². The summed E-state index contributed by atoms with van der Waals surface area (Å²) in [4.78, 5) is 18.8. The molecule has 98 valence electrons. The molecule has 2 aliphatic heterocycles. The second kappa shape index (κ2) is 4.99. The highest BCUT2D eigenvalue weighted by molar-refractivity contribution is 6.06. The van der Waals surface area contributed by atoms with Crippen molar-refractivity contribution in [3.05, 3.63) is 54.5 Å². The number of fused-ring (bicyclic) bond motifs is 1. The van der Waals surface area contributed by atoms with Crippen LogP contribution in [0.3, 0.4) is 0 Å². The summed E-state index contributed by atoms with van der Waals surface area (Å²) in [7, 11) is 0. The molecule has 1 atom stereocenters. The highest BCUT2D eigenvalue weighted by Gasteiger charge is 2.29. The van der Waals surface area contributed by atoms with Crippen LogP contribution in [-0.4, -0.2) is 23.3 Å². The molecule has 2 heterocycles. The van der Waals surface area contributed by atoms with Gasteiger partial charge in [0.1, 0.15) is 6.20 Å². The minimum absolute atomic E-state index is 0.248. The van der Waals surface area contributed by atoms with Crippen molar-refractivity contribution in [2.75, 3.05) is 12.0 Å². The third kappa shape index (κ3) is 2.30. The van der Waals surface area contributed by atoms with E-state index in [0.29, 0.717) is 12.4 Å². The fraction of sp³-hybridized carbons (Fsp3) is 0.0714. The molecular formula is C14H12N5O+. The Morgan fingerprint density at radius 2 is 2.20 bits per heavy atom. The number of carbonyl (C=O) groups excluding carboxylic acids is 1. The number of anilines is 1. The van der Waals surface area contributed by atoms with Crippen LogP contribution >= 0.6 is 0 Å². The normalized spacial score (nSPS) is 19.8. The molecule has 0 saturated heterocycles. The Bertz CT molecular complexity index is 669. The maximum absolute atomic E-state index is 12.1. The van der Waals surface area contributed by atoms with Crippen molar-refractivity contribution in [3.63, 3.8) is 0 Å². The maximum atomic E-state index is 12.1. The van der Waals surface area contributed by atoms with E-state index in [-0.39, 0.29) is 5.91 Å². The number of amidine groups is 1. The molecule has 1 amide bonds. The third-order valence-corrected chi connectivity index (χ3v) is 3.03. The highest BCUT2D eigenvalue weighted by Crippen LogP contribution is 2.09. The number of benzene rings is 1. The molecule has 0 aliphatic carbocycles. The van der Waals surface area contributed by atoms with Gasteiger partial charge in [0.2, 0.25) is 5.84 Å². The molecule has 6 nitrogen and oxygen atoms in total. The molecule has 0 spiro atoms. The number of rotatable bonds is 2. The average Bonchev–Trinajstić information content (AvgIpc) is 2.91. The quantitative estimate of drug-likeness (QED) is 0.742. The van der Waals surface area contributed by atoms with E-state index in [0.717, 1.165) is 16.4 Å². The summed E-state index contributed by atoms with van der Waals surface area (Å²) in [5.74, 6) is 0.497. The lowest BCUT2D eigenvalue weighted by Gasteiger charge is -2.18. The number of nitrogens with zero attached hydrogens (tertiary/aromatic N) is 3. The Morgan fingerprint density at radius 3 is 2.95 bits per heavy atom. The van der Waals surface area contributed by atoms with Crippen molar-refractivity contribution in [1.29, 1.82) is 5.26 Å². The molecule has 0 aromatic heterocycles. The summed E-state index contributed by atoms with van der Waals surface area (Å²) < 4.78 is 0. The summed E-state index contributed by atoms with van der Waals surface area (Å²) in [5, 5.41) is 11.6. The standard InChI is InChI=1S/C14H11N5O/c15-9-18-7-6-13-17-12(8-19(13)10-18)14(20)16-11-4-2-1-3-5-11/h1-8H,10H2,(H,16,20)/p+1. The number of amides is 1. The lowest BCUT2D eigenvalue weighted by atomic mass is 10.3. The van der Waals surface area contributed by atoms with Crippen LogP contribution in [0.25, 0.3) is 0 Å². The lowest BCUT2D eigenvalue weighted by Crippen LogP contribution is -3.11.